The summed E-state index contributed by atoms with van der Waals surface area (Å²) in [7, 11) is 0. The molecule has 0 saturated heterocycles. The number of rotatable bonds is 5. The quantitative estimate of drug-likeness (QED) is 0.642. The van der Waals surface area contributed by atoms with Gasteiger partial charge in [-0.15, -0.1) is 0 Å². The minimum atomic E-state index is -0.178. The average Bonchev–Trinajstić information content (AvgIpc) is 2.43. The maximum absolute atomic E-state index is 11.8. The Labute approximate surface area is 123 Å². The number of hydrogen-bond acceptors (Lipinski definition) is 4. The Hall–Kier alpha value is -1.30. The Bertz CT molecular complexity index is 509. The van der Waals surface area contributed by atoms with Crippen LogP contribution in [0.4, 0.5) is 0 Å². The van der Waals surface area contributed by atoms with Gasteiger partial charge in [-0.3, -0.25) is 9.59 Å². The summed E-state index contributed by atoms with van der Waals surface area (Å²) in [5.74, 6) is 0.929. The van der Waals surface area contributed by atoms with Gasteiger partial charge in [-0.25, -0.2) is 4.98 Å². The second-order valence-electron chi connectivity index (χ2n) is 5.29. The summed E-state index contributed by atoms with van der Waals surface area (Å²) < 4.78 is 0. The largest absolute Gasteiger partial charge is 0.355 e. The highest BCUT2D eigenvalue weighted by molar-refractivity contribution is 7.99. The van der Waals surface area contributed by atoms with Gasteiger partial charge in [-0.2, -0.15) is 0 Å². The van der Waals surface area contributed by atoms with Gasteiger partial charge in [0.15, 0.2) is 5.16 Å². The lowest BCUT2D eigenvalue weighted by molar-refractivity contribution is -0.118. The zero-order valence-corrected chi connectivity index (χ0v) is 12.6. The van der Waals surface area contributed by atoms with Crippen molar-refractivity contribution in [3.8, 4) is 0 Å². The molecule has 5 nitrogen and oxygen atoms in total. The molecule has 0 aliphatic heterocycles. The van der Waals surface area contributed by atoms with Crippen LogP contribution in [0.3, 0.4) is 0 Å². The molecule has 2 N–H and O–H groups in total. The molecule has 0 bridgehead atoms. The standard InChI is InChI=1S/C14H21N3O2S/c1-10-7-12(18)17-14(16-10)20-9-13(19)15-8-11-5-3-2-4-6-11/h7,11H,2-6,8-9H2,1H3,(H,15,19)(H,16,17,18). The van der Waals surface area contributed by atoms with Crippen molar-refractivity contribution in [3.63, 3.8) is 0 Å². The number of aryl methyl sites for hydroxylation is 1. The number of aromatic amines is 1. The molecule has 20 heavy (non-hydrogen) atoms. The van der Waals surface area contributed by atoms with Gasteiger partial charge in [0.1, 0.15) is 0 Å². The number of thioether (sulfide) groups is 1. The molecule has 1 aliphatic rings. The van der Waals surface area contributed by atoms with Crippen LogP contribution in [-0.2, 0) is 4.79 Å². The van der Waals surface area contributed by atoms with E-state index in [0.29, 0.717) is 22.5 Å². The van der Waals surface area contributed by atoms with E-state index in [-0.39, 0.29) is 11.5 Å². The monoisotopic (exact) mass is 295 g/mol. The van der Waals surface area contributed by atoms with Crippen molar-refractivity contribution >= 4 is 17.7 Å². The Morgan fingerprint density at radius 3 is 2.90 bits per heavy atom. The fourth-order valence-electron chi connectivity index (χ4n) is 2.45. The lowest BCUT2D eigenvalue weighted by atomic mass is 9.89. The highest BCUT2D eigenvalue weighted by Crippen LogP contribution is 2.22. The minimum absolute atomic E-state index is 0.00438. The van der Waals surface area contributed by atoms with Crippen molar-refractivity contribution in [1.82, 2.24) is 15.3 Å². The van der Waals surface area contributed by atoms with Crippen LogP contribution >= 0.6 is 11.8 Å². The van der Waals surface area contributed by atoms with Crippen molar-refractivity contribution in [2.45, 2.75) is 44.2 Å². The number of nitrogens with one attached hydrogen (secondary N) is 2. The molecule has 0 aromatic carbocycles. The Balaban J connectivity index is 1.72. The summed E-state index contributed by atoms with van der Waals surface area (Å²) in [5, 5.41) is 3.47. The fraction of sp³-hybridized carbons (Fsp3) is 0.643. The van der Waals surface area contributed by atoms with Crippen molar-refractivity contribution < 1.29 is 4.79 Å². The van der Waals surface area contributed by atoms with Crippen LogP contribution in [0.15, 0.2) is 16.0 Å². The highest BCUT2D eigenvalue weighted by atomic mass is 32.2. The van der Waals surface area contributed by atoms with Gasteiger partial charge >= 0.3 is 0 Å². The summed E-state index contributed by atoms with van der Waals surface area (Å²) in [6.45, 7) is 2.54. The van der Waals surface area contributed by atoms with Crippen LogP contribution in [-0.4, -0.2) is 28.2 Å². The van der Waals surface area contributed by atoms with E-state index in [2.05, 4.69) is 15.3 Å². The third kappa shape index (κ3) is 5.00. The first-order valence-electron chi connectivity index (χ1n) is 7.11. The second-order valence-corrected chi connectivity index (χ2v) is 6.25. The topological polar surface area (TPSA) is 74.8 Å². The summed E-state index contributed by atoms with van der Waals surface area (Å²) >= 11 is 1.26. The van der Waals surface area contributed by atoms with Crippen molar-refractivity contribution in [2.75, 3.05) is 12.3 Å². The van der Waals surface area contributed by atoms with Gasteiger partial charge in [0, 0.05) is 18.3 Å². The molecule has 1 amide bonds. The molecule has 2 rings (SSSR count). The van der Waals surface area contributed by atoms with Gasteiger partial charge in [-0.05, 0) is 25.7 Å². The summed E-state index contributed by atoms with van der Waals surface area (Å²) in [5.41, 5.74) is 0.487. The third-order valence-corrected chi connectivity index (χ3v) is 4.37. The SMILES string of the molecule is Cc1cc(=O)[nH]c(SCC(=O)NCC2CCCCC2)n1. The van der Waals surface area contributed by atoms with E-state index in [1.54, 1.807) is 6.92 Å². The number of nitrogens with zero attached hydrogens (tertiary/aromatic N) is 1. The molecule has 0 radical (unpaired) electrons. The van der Waals surface area contributed by atoms with E-state index in [1.807, 2.05) is 0 Å². The Morgan fingerprint density at radius 1 is 1.45 bits per heavy atom. The molecule has 1 saturated carbocycles. The van der Waals surface area contributed by atoms with Gasteiger partial charge in [0.25, 0.3) is 5.56 Å². The van der Waals surface area contributed by atoms with Gasteiger partial charge < -0.3 is 10.3 Å². The normalized spacial score (nSPS) is 16.1. The molecular formula is C14H21N3O2S. The summed E-state index contributed by atoms with van der Waals surface area (Å²) in [6, 6.07) is 1.44. The molecule has 0 atom stereocenters. The smallest absolute Gasteiger partial charge is 0.251 e. The van der Waals surface area contributed by atoms with E-state index >= 15 is 0 Å². The van der Waals surface area contributed by atoms with Crippen molar-refractivity contribution in [2.24, 2.45) is 5.92 Å². The number of carbonyl (C=O) groups is 1. The van der Waals surface area contributed by atoms with Gasteiger partial charge in [0.05, 0.1) is 5.75 Å². The number of hydrogen-bond donors (Lipinski definition) is 2. The Morgan fingerprint density at radius 2 is 2.20 bits per heavy atom. The highest BCUT2D eigenvalue weighted by Gasteiger charge is 2.14. The predicted octanol–water partition coefficient (Wildman–Crippen LogP) is 1.87. The van der Waals surface area contributed by atoms with Crippen LogP contribution in [0.2, 0.25) is 0 Å². The molecule has 110 valence electrons. The van der Waals surface area contributed by atoms with E-state index in [4.69, 9.17) is 0 Å². The molecule has 1 heterocycles. The molecule has 1 aromatic heterocycles. The molecule has 6 heteroatoms. The fourth-order valence-corrected chi connectivity index (χ4v) is 3.21. The van der Waals surface area contributed by atoms with Crippen molar-refractivity contribution in [1.29, 1.82) is 0 Å². The van der Waals surface area contributed by atoms with Crippen LogP contribution in [0.5, 0.6) is 0 Å². The van der Waals surface area contributed by atoms with Crippen LogP contribution < -0.4 is 10.9 Å². The number of aromatic nitrogens is 2. The van der Waals surface area contributed by atoms with Gasteiger partial charge in [0.2, 0.25) is 5.91 Å². The molecule has 1 aromatic rings. The zero-order valence-electron chi connectivity index (χ0n) is 11.8. The van der Waals surface area contributed by atoms with E-state index in [9.17, 15) is 9.59 Å². The van der Waals surface area contributed by atoms with Crippen LogP contribution in [0.25, 0.3) is 0 Å². The van der Waals surface area contributed by atoms with E-state index < -0.39 is 0 Å². The van der Waals surface area contributed by atoms with E-state index in [0.717, 1.165) is 6.54 Å². The predicted molar refractivity (Wildman–Crippen MR) is 79.9 cm³/mol. The minimum Gasteiger partial charge on any atom is -0.355 e. The van der Waals surface area contributed by atoms with Crippen LogP contribution in [0, 0.1) is 12.8 Å². The van der Waals surface area contributed by atoms with Crippen molar-refractivity contribution in [3.05, 3.63) is 22.1 Å². The number of amides is 1. The molecular weight excluding hydrogens is 274 g/mol. The molecule has 0 spiro atoms. The van der Waals surface area contributed by atoms with E-state index in [1.165, 1.54) is 49.9 Å². The average molecular weight is 295 g/mol. The molecule has 1 fully saturated rings. The Kier molecular flexibility index (Phi) is 5.64. The molecule has 0 unspecified atom stereocenters. The maximum Gasteiger partial charge on any atom is 0.251 e. The number of H-pyrrole nitrogens is 1. The first-order chi connectivity index (χ1) is 9.63. The summed E-state index contributed by atoms with van der Waals surface area (Å²) in [4.78, 5) is 29.9. The van der Waals surface area contributed by atoms with Crippen LogP contribution in [0.1, 0.15) is 37.8 Å². The van der Waals surface area contributed by atoms with Gasteiger partial charge in [-0.1, -0.05) is 31.0 Å². The third-order valence-electron chi connectivity index (χ3n) is 3.50. The lowest BCUT2D eigenvalue weighted by Crippen LogP contribution is -2.31. The molecule has 1 aliphatic carbocycles. The first-order valence-corrected chi connectivity index (χ1v) is 8.09. The first kappa shape index (κ1) is 15.1. The second kappa shape index (κ2) is 7.47. The zero-order chi connectivity index (χ0) is 14.4. The lowest BCUT2D eigenvalue weighted by Gasteiger charge is -2.21. The number of carbonyl (C=O) groups excluding carboxylic acids is 1. The summed E-state index contributed by atoms with van der Waals surface area (Å²) in [6.07, 6.45) is 6.33. The maximum atomic E-state index is 11.8.